The van der Waals surface area contributed by atoms with Crippen molar-refractivity contribution in [3.63, 3.8) is 0 Å². The third kappa shape index (κ3) is 3.21. The molecular weight excluding hydrogens is 314 g/mol. The first kappa shape index (κ1) is 16.4. The summed E-state index contributed by atoms with van der Waals surface area (Å²) in [6, 6.07) is 32.3. The average molecular weight is 337 g/mol. The third-order valence-electron chi connectivity index (χ3n) is 5.06. The van der Waals surface area contributed by atoms with Crippen molar-refractivity contribution in [3.05, 3.63) is 108 Å². The second kappa shape index (κ2) is 7.05. The molecule has 0 heterocycles. The van der Waals surface area contributed by atoms with Gasteiger partial charge in [-0.1, -0.05) is 91.3 Å². The molecule has 0 bridgehead atoms. The Morgan fingerprint density at radius 3 is 2.15 bits per heavy atom. The molecule has 4 aromatic rings. The Bertz CT molecular complexity index is 1030. The van der Waals surface area contributed by atoms with E-state index in [-0.39, 0.29) is 0 Å². The molecule has 4 rings (SSSR count). The summed E-state index contributed by atoms with van der Waals surface area (Å²) in [6.07, 6.45) is 0. The second-order valence-corrected chi connectivity index (χ2v) is 6.87. The van der Waals surface area contributed by atoms with Crippen molar-refractivity contribution in [3.8, 4) is 0 Å². The summed E-state index contributed by atoms with van der Waals surface area (Å²) in [7, 11) is 0. The van der Waals surface area contributed by atoms with Crippen LogP contribution in [-0.4, -0.2) is 0 Å². The van der Waals surface area contributed by atoms with Gasteiger partial charge in [-0.05, 0) is 35.6 Å². The van der Waals surface area contributed by atoms with Crippen LogP contribution < -0.4 is 5.32 Å². The molecule has 1 N–H and O–H groups in total. The van der Waals surface area contributed by atoms with Crippen molar-refractivity contribution in [2.24, 2.45) is 0 Å². The van der Waals surface area contributed by atoms with Crippen LogP contribution in [0, 0.1) is 6.92 Å². The molecule has 0 fully saturated rings. The van der Waals surface area contributed by atoms with Gasteiger partial charge in [0, 0.05) is 22.7 Å². The van der Waals surface area contributed by atoms with Crippen molar-refractivity contribution >= 4 is 22.1 Å². The average Bonchev–Trinajstić information content (AvgIpc) is 2.69. The van der Waals surface area contributed by atoms with E-state index < -0.39 is 0 Å². The van der Waals surface area contributed by atoms with Crippen LogP contribution >= 0.6 is 0 Å². The smallest absolute Gasteiger partial charge is 0.0463 e. The largest absolute Gasteiger partial charge is 0.355 e. The number of para-hydroxylation sites is 1. The molecule has 0 spiro atoms. The molecule has 0 amide bonds. The first-order valence-corrected chi connectivity index (χ1v) is 9.12. The van der Waals surface area contributed by atoms with Crippen LogP contribution in [0.5, 0.6) is 0 Å². The molecule has 1 unspecified atom stereocenters. The lowest BCUT2D eigenvalue weighted by molar-refractivity contribution is 0.924. The first-order valence-electron chi connectivity index (χ1n) is 9.12. The maximum Gasteiger partial charge on any atom is 0.0463 e. The standard InChI is InChI=1S/C25H23N/c1-18-14-16-20(17-15-18)19(2)22-10-5-6-12-24(22)26-25-13-7-9-21-8-3-4-11-23(21)25/h3-17,19,26H,1-2H3. The van der Waals surface area contributed by atoms with Gasteiger partial charge in [0.25, 0.3) is 0 Å². The number of anilines is 2. The Kier molecular flexibility index (Phi) is 4.45. The number of benzene rings is 4. The zero-order valence-corrected chi connectivity index (χ0v) is 15.2. The van der Waals surface area contributed by atoms with Gasteiger partial charge in [-0.3, -0.25) is 0 Å². The Balaban J connectivity index is 1.73. The number of hydrogen-bond acceptors (Lipinski definition) is 1. The molecule has 0 saturated carbocycles. The predicted molar refractivity (Wildman–Crippen MR) is 112 cm³/mol. The van der Waals surface area contributed by atoms with E-state index in [2.05, 4.69) is 110 Å². The number of aryl methyl sites for hydroxylation is 1. The predicted octanol–water partition coefficient (Wildman–Crippen LogP) is 7.04. The van der Waals surface area contributed by atoms with Gasteiger partial charge in [0.05, 0.1) is 0 Å². The van der Waals surface area contributed by atoms with E-state index in [1.54, 1.807) is 0 Å². The topological polar surface area (TPSA) is 12.0 Å². The van der Waals surface area contributed by atoms with Gasteiger partial charge in [0.1, 0.15) is 0 Å². The fourth-order valence-electron chi connectivity index (χ4n) is 3.50. The van der Waals surface area contributed by atoms with Crippen LogP contribution in [0.1, 0.15) is 29.5 Å². The maximum absolute atomic E-state index is 3.68. The highest BCUT2D eigenvalue weighted by Crippen LogP contribution is 2.33. The molecule has 1 atom stereocenters. The van der Waals surface area contributed by atoms with Crippen LogP contribution in [0.25, 0.3) is 10.8 Å². The molecule has 1 nitrogen and oxygen atoms in total. The highest BCUT2D eigenvalue weighted by atomic mass is 14.9. The number of nitrogens with one attached hydrogen (secondary N) is 1. The Labute approximate surface area is 155 Å². The van der Waals surface area contributed by atoms with E-state index in [1.165, 1.54) is 27.5 Å². The second-order valence-electron chi connectivity index (χ2n) is 6.87. The van der Waals surface area contributed by atoms with E-state index >= 15 is 0 Å². The molecule has 0 aliphatic carbocycles. The molecule has 0 saturated heterocycles. The van der Waals surface area contributed by atoms with E-state index in [9.17, 15) is 0 Å². The number of hydrogen-bond donors (Lipinski definition) is 1. The molecule has 0 aliphatic rings. The Hall–Kier alpha value is -3.06. The monoisotopic (exact) mass is 337 g/mol. The molecule has 0 aliphatic heterocycles. The molecule has 128 valence electrons. The van der Waals surface area contributed by atoms with Gasteiger partial charge in [-0.15, -0.1) is 0 Å². The first-order chi connectivity index (χ1) is 12.7. The molecule has 4 aromatic carbocycles. The summed E-state index contributed by atoms with van der Waals surface area (Å²) in [5, 5.41) is 6.17. The number of fused-ring (bicyclic) bond motifs is 1. The van der Waals surface area contributed by atoms with Crippen molar-refractivity contribution in [1.82, 2.24) is 0 Å². The highest BCUT2D eigenvalue weighted by molar-refractivity contribution is 5.95. The van der Waals surface area contributed by atoms with E-state index in [0.29, 0.717) is 5.92 Å². The Morgan fingerprint density at radius 2 is 1.31 bits per heavy atom. The maximum atomic E-state index is 3.68. The van der Waals surface area contributed by atoms with Crippen molar-refractivity contribution < 1.29 is 0 Å². The summed E-state index contributed by atoms with van der Waals surface area (Å²) in [5.41, 5.74) is 6.25. The lowest BCUT2D eigenvalue weighted by Crippen LogP contribution is -2.02. The van der Waals surface area contributed by atoms with Gasteiger partial charge in [0.2, 0.25) is 0 Å². The molecule has 0 radical (unpaired) electrons. The lowest BCUT2D eigenvalue weighted by atomic mass is 9.91. The quantitative estimate of drug-likeness (QED) is 0.421. The van der Waals surface area contributed by atoms with E-state index in [0.717, 1.165) is 11.4 Å². The van der Waals surface area contributed by atoms with E-state index in [4.69, 9.17) is 0 Å². The van der Waals surface area contributed by atoms with Gasteiger partial charge in [-0.2, -0.15) is 0 Å². The molecule has 1 heteroatoms. The summed E-state index contributed by atoms with van der Waals surface area (Å²) in [5.74, 6) is 0.328. The van der Waals surface area contributed by atoms with Crippen molar-refractivity contribution in [2.45, 2.75) is 19.8 Å². The molecule has 26 heavy (non-hydrogen) atoms. The fraction of sp³-hybridized carbons (Fsp3) is 0.120. The summed E-state index contributed by atoms with van der Waals surface area (Å²) in [4.78, 5) is 0. The van der Waals surface area contributed by atoms with Gasteiger partial charge < -0.3 is 5.32 Å². The molecular formula is C25H23N. The Morgan fingerprint density at radius 1 is 0.654 bits per heavy atom. The van der Waals surface area contributed by atoms with Gasteiger partial charge in [-0.25, -0.2) is 0 Å². The van der Waals surface area contributed by atoms with Crippen LogP contribution in [-0.2, 0) is 0 Å². The third-order valence-corrected chi connectivity index (χ3v) is 5.06. The van der Waals surface area contributed by atoms with Crippen LogP contribution in [0.3, 0.4) is 0 Å². The van der Waals surface area contributed by atoms with Crippen LogP contribution in [0.2, 0.25) is 0 Å². The normalized spacial score (nSPS) is 12.1. The SMILES string of the molecule is Cc1ccc(C(C)c2ccccc2Nc2cccc3ccccc23)cc1. The molecule has 0 aromatic heterocycles. The number of rotatable bonds is 4. The summed E-state index contributed by atoms with van der Waals surface area (Å²) in [6.45, 7) is 4.40. The van der Waals surface area contributed by atoms with Gasteiger partial charge in [0.15, 0.2) is 0 Å². The zero-order valence-electron chi connectivity index (χ0n) is 15.2. The highest BCUT2D eigenvalue weighted by Gasteiger charge is 2.13. The van der Waals surface area contributed by atoms with Gasteiger partial charge >= 0.3 is 0 Å². The minimum Gasteiger partial charge on any atom is -0.355 e. The van der Waals surface area contributed by atoms with Crippen molar-refractivity contribution in [1.29, 1.82) is 0 Å². The summed E-state index contributed by atoms with van der Waals surface area (Å²) < 4.78 is 0. The summed E-state index contributed by atoms with van der Waals surface area (Å²) >= 11 is 0. The minimum absolute atomic E-state index is 0.328. The van der Waals surface area contributed by atoms with Crippen LogP contribution in [0.15, 0.2) is 91.0 Å². The minimum atomic E-state index is 0.328. The lowest BCUT2D eigenvalue weighted by Gasteiger charge is -2.19. The van der Waals surface area contributed by atoms with Crippen LogP contribution in [0.4, 0.5) is 11.4 Å². The fourth-order valence-corrected chi connectivity index (χ4v) is 3.50. The van der Waals surface area contributed by atoms with E-state index in [1.807, 2.05) is 0 Å². The zero-order chi connectivity index (χ0) is 17.9. The van der Waals surface area contributed by atoms with Crippen molar-refractivity contribution in [2.75, 3.05) is 5.32 Å².